The molecule has 0 spiro atoms. The lowest BCUT2D eigenvalue weighted by Gasteiger charge is -2.34. The van der Waals surface area contributed by atoms with E-state index in [0.717, 1.165) is 53.7 Å². The summed E-state index contributed by atoms with van der Waals surface area (Å²) in [5.74, 6) is 0.199. The average Bonchev–Trinajstić information content (AvgIpc) is 2.93. The molecule has 0 unspecified atom stereocenters. The summed E-state index contributed by atoms with van der Waals surface area (Å²) in [6.07, 6.45) is 8.19. The van der Waals surface area contributed by atoms with Crippen LogP contribution in [0.3, 0.4) is 0 Å². The molecule has 1 aliphatic carbocycles. The monoisotopic (exact) mass is 362 g/mol. The molecule has 0 bridgehead atoms. The summed E-state index contributed by atoms with van der Waals surface area (Å²) < 4.78 is 2.89. The molecule has 3 rings (SSSR count). The van der Waals surface area contributed by atoms with Gasteiger partial charge in [-0.3, -0.25) is 4.79 Å². The van der Waals surface area contributed by atoms with Crippen molar-refractivity contribution in [1.82, 2.24) is 9.55 Å². The molecule has 1 saturated carbocycles. The van der Waals surface area contributed by atoms with Crippen molar-refractivity contribution in [2.45, 2.75) is 44.4 Å². The topological polar surface area (TPSA) is 55.1 Å². The highest BCUT2D eigenvalue weighted by Gasteiger charge is 2.41. The van der Waals surface area contributed by atoms with Crippen molar-refractivity contribution in [3.8, 4) is 5.69 Å². The molecule has 22 heavy (non-hydrogen) atoms. The summed E-state index contributed by atoms with van der Waals surface area (Å²) in [6.45, 7) is 1.94. The van der Waals surface area contributed by atoms with Crippen LogP contribution in [-0.2, 0) is 10.2 Å². The van der Waals surface area contributed by atoms with Gasteiger partial charge in [0, 0.05) is 16.9 Å². The fraction of sp³-hybridized carbons (Fsp3) is 0.412. The van der Waals surface area contributed by atoms with Crippen LogP contribution in [-0.4, -0.2) is 20.6 Å². The van der Waals surface area contributed by atoms with Crippen molar-refractivity contribution in [2.75, 3.05) is 0 Å². The molecule has 5 heteroatoms. The number of aliphatic carboxylic acids is 1. The minimum Gasteiger partial charge on any atom is -0.481 e. The molecular formula is C17H19BrN2O2. The third-order valence-corrected chi connectivity index (χ3v) is 5.34. The van der Waals surface area contributed by atoms with Crippen LogP contribution in [0.25, 0.3) is 5.69 Å². The number of nitrogens with zero attached hydrogens (tertiary/aromatic N) is 2. The van der Waals surface area contributed by atoms with Gasteiger partial charge in [-0.15, -0.1) is 0 Å². The van der Waals surface area contributed by atoms with Crippen molar-refractivity contribution in [1.29, 1.82) is 0 Å². The van der Waals surface area contributed by atoms with E-state index in [-0.39, 0.29) is 0 Å². The van der Waals surface area contributed by atoms with Crippen LogP contribution in [0.1, 0.15) is 43.5 Å². The van der Waals surface area contributed by atoms with Gasteiger partial charge >= 0.3 is 5.97 Å². The normalized spacial score (nSPS) is 17.4. The molecule has 116 valence electrons. The highest BCUT2D eigenvalue weighted by atomic mass is 79.9. The van der Waals surface area contributed by atoms with Gasteiger partial charge in [0.05, 0.1) is 11.1 Å². The number of carbonyl (C=O) groups is 1. The predicted octanol–water partition coefficient (Wildman–Crippen LogP) is 4.23. The number of hydrogen-bond donors (Lipinski definition) is 1. The number of halogens is 1. The molecule has 1 N–H and O–H groups in total. The van der Waals surface area contributed by atoms with Crippen molar-refractivity contribution in [3.63, 3.8) is 0 Å². The van der Waals surface area contributed by atoms with Gasteiger partial charge in [-0.25, -0.2) is 4.98 Å². The third-order valence-electron chi connectivity index (χ3n) is 4.70. The Hall–Kier alpha value is -1.62. The van der Waals surface area contributed by atoms with Gasteiger partial charge < -0.3 is 9.67 Å². The van der Waals surface area contributed by atoms with Crippen molar-refractivity contribution in [2.24, 2.45) is 0 Å². The van der Waals surface area contributed by atoms with E-state index >= 15 is 0 Å². The minimum absolute atomic E-state index is 0.703. The molecule has 2 aromatic rings. The van der Waals surface area contributed by atoms with E-state index in [2.05, 4.69) is 20.9 Å². The third kappa shape index (κ3) is 2.47. The van der Waals surface area contributed by atoms with Gasteiger partial charge in [0.25, 0.3) is 0 Å². The Labute approximate surface area is 138 Å². The highest BCUT2D eigenvalue weighted by molar-refractivity contribution is 9.10. The summed E-state index contributed by atoms with van der Waals surface area (Å²) in [5.41, 5.74) is 1.15. The van der Waals surface area contributed by atoms with Gasteiger partial charge in [-0.1, -0.05) is 25.3 Å². The zero-order chi connectivity index (χ0) is 15.7. The maximum atomic E-state index is 11.9. The first kappa shape index (κ1) is 15.3. The Kier molecular flexibility index (Phi) is 4.08. The second-order valence-corrected chi connectivity index (χ2v) is 6.81. The largest absolute Gasteiger partial charge is 0.481 e. The Morgan fingerprint density at radius 3 is 2.59 bits per heavy atom. The van der Waals surface area contributed by atoms with Gasteiger partial charge in [-0.05, 0) is 53.4 Å². The molecule has 1 aromatic heterocycles. The minimum atomic E-state index is -0.733. The van der Waals surface area contributed by atoms with Gasteiger partial charge in [0.15, 0.2) is 0 Å². The Bertz CT molecular complexity index is 702. The number of carboxylic acids is 1. The molecule has 0 radical (unpaired) electrons. The zero-order valence-corrected chi connectivity index (χ0v) is 14.1. The lowest BCUT2D eigenvalue weighted by Crippen LogP contribution is -2.37. The van der Waals surface area contributed by atoms with Crippen LogP contribution in [0.2, 0.25) is 0 Å². The summed E-state index contributed by atoms with van der Waals surface area (Å²) in [6, 6.07) is 5.90. The maximum Gasteiger partial charge on any atom is 0.314 e. The van der Waals surface area contributed by atoms with E-state index in [0.29, 0.717) is 0 Å². The van der Waals surface area contributed by atoms with E-state index in [9.17, 15) is 9.90 Å². The zero-order valence-electron chi connectivity index (χ0n) is 12.6. The number of rotatable bonds is 3. The van der Waals surface area contributed by atoms with Crippen LogP contribution >= 0.6 is 15.9 Å². The molecule has 4 nitrogen and oxygen atoms in total. The fourth-order valence-electron chi connectivity index (χ4n) is 3.41. The Morgan fingerprint density at radius 1 is 1.32 bits per heavy atom. The van der Waals surface area contributed by atoms with Gasteiger partial charge in [0.1, 0.15) is 5.82 Å². The van der Waals surface area contributed by atoms with E-state index in [4.69, 9.17) is 0 Å². The summed E-state index contributed by atoms with van der Waals surface area (Å²) >= 11 is 3.60. The maximum absolute atomic E-state index is 11.9. The lowest BCUT2D eigenvalue weighted by molar-refractivity contribution is -0.145. The molecule has 0 atom stereocenters. The summed E-state index contributed by atoms with van der Waals surface area (Å²) in [5, 5.41) is 9.80. The van der Waals surface area contributed by atoms with Crippen LogP contribution < -0.4 is 0 Å². The fourth-order valence-corrected chi connectivity index (χ4v) is 3.98. The van der Waals surface area contributed by atoms with Gasteiger partial charge in [0.2, 0.25) is 0 Å². The van der Waals surface area contributed by atoms with Crippen LogP contribution in [0.15, 0.2) is 35.1 Å². The summed E-state index contributed by atoms with van der Waals surface area (Å²) in [7, 11) is 0. The number of carboxylic acid groups (broad SMARTS) is 1. The number of imidazole rings is 1. The highest BCUT2D eigenvalue weighted by Crippen LogP contribution is 2.41. The van der Waals surface area contributed by atoms with Gasteiger partial charge in [-0.2, -0.15) is 0 Å². The van der Waals surface area contributed by atoms with Crippen molar-refractivity contribution in [3.05, 3.63) is 46.5 Å². The Balaban J connectivity index is 2.04. The number of hydrogen-bond acceptors (Lipinski definition) is 2. The molecule has 0 aliphatic heterocycles. The SMILES string of the molecule is Cc1nccn1-c1ccc(C2(C(=O)O)CCCCC2)cc1Br. The second-order valence-electron chi connectivity index (χ2n) is 5.96. The molecular weight excluding hydrogens is 344 g/mol. The lowest BCUT2D eigenvalue weighted by atomic mass is 9.69. The average molecular weight is 363 g/mol. The molecule has 0 amide bonds. The molecule has 1 heterocycles. The quantitative estimate of drug-likeness (QED) is 0.888. The van der Waals surface area contributed by atoms with E-state index in [1.165, 1.54) is 0 Å². The van der Waals surface area contributed by atoms with Crippen LogP contribution in [0, 0.1) is 6.92 Å². The molecule has 0 saturated heterocycles. The molecule has 1 aliphatic rings. The van der Waals surface area contributed by atoms with E-state index in [1.54, 1.807) is 6.20 Å². The Morgan fingerprint density at radius 2 is 2.05 bits per heavy atom. The first-order valence-electron chi connectivity index (χ1n) is 7.58. The van der Waals surface area contributed by atoms with E-state index < -0.39 is 11.4 Å². The first-order chi connectivity index (χ1) is 10.5. The molecule has 1 fully saturated rings. The predicted molar refractivity (Wildman–Crippen MR) is 88.4 cm³/mol. The smallest absolute Gasteiger partial charge is 0.314 e. The summed E-state index contributed by atoms with van der Waals surface area (Å²) in [4.78, 5) is 16.2. The standard InChI is InChI=1S/C17H19BrN2O2/c1-12-19-9-10-20(12)15-6-5-13(11-14(15)18)17(16(21)22)7-3-2-4-8-17/h5-6,9-11H,2-4,7-8H2,1H3,(H,21,22). The van der Waals surface area contributed by atoms with Crippen molar-refractivity contribution >= 4 is 21.9 Å². The first-order valence-corrected chi connectivity index (χ1v) is 8.38. The van der Waals surface area contributed by atoms with Crippen LogP contribution in [0.5, 0.6) is 0 Å². The van der Waals surface area contributed by atoms with Crippen LogP contribution in [0.4, 0.5) is 0 Å². The van der Waals surface area contributed by atoms with Crippen molar-refractivity contribution < 1.29 is 9.90 Å². The number of benzene rings is 1. The second kappa shape index (κ2) is 5.88. The van der Waals surface area contributed by atoms with E-state index in [1.807, 2.05) is 35.9 Å². The number of aryl methyl sites for hydroxylation is 1. The number of aromatic nitrogens is 2. The molecule has 1 aromatic carbocycles.